The van der Waals surface area contributed by atoms with Crippen LogP contribution in [0.1, 0.15) is 13.8 Å². The molecular weight excluding hydrogens is 264 g/mol. The summed E-state index contributed by atoms with van der Waals surface area (Å²) < 4.78 is -0.713. The van der Waals surface area contributed by atoms with Crippen LogP contribution in [0, 0.1) is 0 Å². The molecule has 0 rings (SSSR count). The first kappa shape index (κ1) is 17.7. The van der Waals surface area contributed by atoms with Crippen LogP contribution in [0.5, 0.6) is 0 Å². The highest BCUT2D eigenvalue weighted by molar-refractivity contribution is 8.01. The van der Waals surface area contributed by atoms with Gasteiger partial charge in [-0.15, -0.1) is 24.9 Å². The van der Waals surface area contributed by atoms with Crippen LogP contribution in [-0.4, -0.2) is 51.5 Å². The summed E-state index contributed by atoms with van der Waals surface area (Å²) in [4.78, 5) is 24.4. The molecule has 3 N–H and O–H groups in total. The van der Waals surface area contributed by atoms with E-state index in [0.29, 0.717) is 13.1 Å². The van der Waals surface area contributed by atoms with Gasteiger partial charge < -0.3 is 15.7 Å². The topological polar surface area (TPSA) is 83.6 Å². The van der Waals surface area contributed by atoms with Gasteiger partial charge in [0.15, 0.2) is 0 Å². The lowest BCUT2D eigenvalue weighted by Gasteiger charge is -2.29. The maximum absolute atomic E-state index is 12.0. The lowest BCUT2D eigenvalue weighted by molar-refractivity contribution is -0.139. The summed E-state index contributed by atoms with van der Waals surface area (Å²) in [6.45, 7) is 11.5. The van der Waals surface area contributed by atoms with E-state index in [1.165, 1.54) is 11.8 Å². The molecule has 0 unspecified atom stereocenters. The van der Waals surface area contributed by atoms with Crippen molar-refractivity contribution in [2.45, 2.75) is 24.6 Å². The van der Waals surface area contributed by atoms with E-state index in [1.807, 2.05) is 0 Å². The van der Waals surface area contributed by atoms with Crippen LogP contribution in [0.25, 0.3) is 0 Å². The highest BCUT2D eigenvalue weighted by atomic mass is 32.2. The molecule has 0 bridgehead atoms. The highest BCUT2D eigenvalue weighted by Crippen LogP contribution is 2.27. The molecule has 0 aliphatic rings. The van der Waals surface area contributed by atoms with Gasteiger partial charge in [0, 0.05) is 17.8 Å². The van der Waals surface area contributed by atoms with Crippen LogP contribution in [0.4, 0.5) is 0 Å². The van der Waals surface area contributed by atoms with E-state index in [-0.39, 0.29) is 11.7 Å². The predicted molar refractivity (Wildman–Crippen MR) is 79.1 cm³/mol. The summed E-state index contributed by atoms with van der Waals surface area (Å²) in [7, 11) is 0. The second-order valence-corrected chi connectivity index (χ2v) is 6.21. The number of hydrogen-bond donors (Lipinski definition) is 2. The van der Waals surface area contributed by atoms with E-state index in [9.17, 15) is 9.59 Å². The highest BCUT2D eigenvalue weighted by Gasteiger charge is 2.33. The van der Waals surface area contributed by atoms with Crippen molar-refractivity contribution in [2.75, 3.05) is 18.8 Å². The van der Waals surface area contributed by atoms with E-state index in [0.717, 1.165) is 0 Å². The number of rotatable bonds is 9. The molecule has 0 aromatic heterocycles. The van der Waals surface area contributed by atoms with Gasteiger partial charge in [0.25, 0.3) is 0 Å². The molecule has 0 aliphatic heterocycles. The van der Waals surface area contributed by atoms with Crippen LogP contribution in [0.15, 0.2) is 25.3 Å². The maximum atomic E-state index is 12.0. The fourth-order valence-corrected chi connectivity index (χ4v) is 2.27. The normalized spacial score (nSPS) is 12.6. The summed E-state index contributed by atoms with van der Waals surface area (Å²) in [5.74, 6) is -0.982. The molecule has 0 fully saturated rings. The Morgan fingerprint density at radius 1 is 1.37 bits per heavy atom. The molecule has 0 aliphatic carbocycles. The Bertz CT molecular complexity index is 346. The Morgan fingerprint density at radius 2 is 1.84 bits per heavy atom. The third-order valence-electron chi connectivity index (χ3n) is 2.63. The second-order valence-electron chi connectivity index (χ2n) is 4.58. The monoisotopic (exact) mass is 286 g/mol. The zero-order chi connectivity index (χ0) is 15.1. The van der Waals surface area contributed by atoms with Crippen molar-refractivity contribution >= 4 is 23.6 Å². The van der Waals surface area contributed by atoms with Crippen LogP contribution >= 0.6 is 11.8 Å². The Balaban J connectivity index is 4.52. The first-order valence-electron chi connectivity index (χ1n) is 5.88. The number of hydrogen-bond acceptors (Lipinski definition) is 4. The average molecular weight is 286 g/mol. The maximum Gasteiger partial charge on any atom is 0.321 e. The summed E-state index contributed by atoms with van der Waals surface area (Å²) in [6, 6.07) is -1.02. The summed E-state index contributed by atoms with van der Waals surface area (Å²) in [5, 5.41) is 8.90. The van der Waals surface area contributed by atoms with Crippen molar-refractivity contribution < 1.29 is 14.7 Å². The van der Waals surface area contributed by atoms with Gasteiger partial charge in [-0.1, -0.05) is 12.2 Å². The van der Waals surface area contributed by atoms with Gasteiger partial charge >= 0.3 is 5.97 Å². The van der Waals surface area contributed by atoms with Gasteiger partial charge in [-0.05, 0) is 13.8 Å². The predicted octanol–water partition coefficient (Wildman–Crippen LogP) is 1.11. The minimum atomic E-state index is -1.07. The second kappa shape index (κ2) is 8.01. The van der Waals surface area contributed by atoms with Crippen molar-refractivity contribution in [1.82, 2.24) is 4.90 Å². The van der Waals surface area contributed by atoms with Gasteiger partial charge in [-0.3, -0.25) is 9.59 Å². The van der Waals surface area contributed by atoms with Gasteiger partial charge in [0.05, 0.1) is 5.75 Å². The number of aliphatic carboxylic acids is 1. The fraction of sp³-hybridized carbons (Fsp3) is 0.538. The van der Waals surface area contributed by atoms with E-state index < -0.39 is 16.8 Å². The lowest BCUT2D eigenvalue weighted by atomic mass is 10.1. The van der Waals surface area contributed by atoms with E-state index in [2.05, 4.69) is 13.2 Å². The minimum absolute atomic E-state index is 0.0875. The number of nitrogens with zero attached hydrogens (tertiary/aromatic N) is 1. The molecule has 0 aromatic rings. The summed E-state index contributed by atoms with van der Waals surface area (Å²) in [5.41, 5.74) is 5.60. The molecule has 0 heterocycles. The fourth-order valence-electron chi connectivity index (χ4n) is 1.32. The van der Waals surface area contributed by atoms with E-state index >= 15 is 0 Å². The average Bonchev–Trinajstić information content (AvgIpc) is 2.34. The summed E-state index contributed by atoms with van der Waals surface area (Å²) in [6.07, 6.45) is 3.28. The zero-order valence-corrected chi connectivity index (χ0v) is 12.3. The van der Waals surface area contributed by atoms with Crippen molar-refractivity contribution in [1.29, 1.82) is 0 Å². The molecule has 108 valence electrons. The van der Waals surface area contributed by atoms with Gasteiger partial charge in [-0.2, -0.15) is 0 Å². The number of carbonyl (C=O) groups is 2. The molecule has 0 saturated heterocycles. The van der Waals surface area contributed by atoms with Crippen LogP contribution < -0.4 is 5.73 Å². The number of nitrogens with two attached hydrogens (primary N) is 1. The van der Waals surface area contributed by atoms with Crippen molar-refractivity contribution in [2.24, 2.45) is 5.73 Å². The van der Waals surface area contributed by atoms with Crippen molar-refractivity contribution in [3.63, 3.8) is 0 Å². The Kier molecular flexibility index (Phi) is 7.48. The number of carboxylic acids is 1. The first-order valence-corrected chi connectivity index (χ1v) is 6.86. The molecule has 5 nitrogen and oxygen atoms in total. The molecule has 0 aromatic carbocycles. The number of carbonyl (C=O) groups excluding carboxylic acids is 1. The van der Waals surface area contributed by atoms with Crippen molar-refractivity contribution in [3.8, 4) is 0 Å². The quantitative estimate of drug-likeness (QED) is 0.620. The number of amides is 1. The van der Waals surface area contributed by atoms with E-state index in [1.54, 1.807) is 30.9 Å². The molecule has 6 heteroatoms. The third kappa shape index (κ3) is 5.94. The van der Waals surface area contributed by atoms with Crippen LogP contribution in [-0.2, 0) is 9.59 Å². The molecular formula is C13H22N2O3S. The zero-order valence-electron chi connectivity index (χ0n) is 11.5. The Morgan fingerprint density at radius 3 is 2.21 bits per heavy atom. The smallest absolute Gasteiger partial charge is 0.321 e. The first-order chi connectivity index (χ1) is 8.76. The molecule has 1 atom stereocenters. The molecule has 19 heavy (non-hydrogen) atoms. The molecule has 0 radical (unpaired) electrons. The largest absolute Gasteiger partial charge is 0.480 e. The Hall–Kier alpha value is -1.27. The lowest BCUT2D eigenvalue weighted by Crippen LogP contribution is -2.47. The third-order valence-corrected chi connectivity index (χ3v) is 4.02. The van der Waals surface area contributed by atoms with Crippen LogP contribution in [0.3, 0.4) is 0 Å². The van der Waals surface area contributed by atoms with Gasteiger partial charge in [-0.25, -0.2) is 0 Å². The van der Waals surface area contributed by atoms with Crippen LogP contribution in [0.2, 0.25) is 0 Å². The van der Waals surface area contributed by atoms with Gasteiger partial charge in [0.2, 0.25) is 5.91 Å². The molecule has 0 saturated carbocycles. The number of thioether (sulfide) groups is 1. The standard InChI is InChI=1S/C13H22N2O3S/c1-5-7-15(8-6-2)10(16)9-19-13(3,4)11(14)12(17)18/h5-6,11H,1-2,7-9,14H2,3-4H3,(H,17,18)/t11-/m0/s1. The Labute approximate surface area is 118 Å². The van der Waals surface area contributed by atoms with Crippen molar-refractivity contribution in [3.05, 3.63) is 25.3 Å². The molecule has 1 amide bonds. The number of carboxylic acid groups (broad SMARTS) is 1. The van der Waals surface area contributed by atoms with Gasteiger partial charge in [0.1, 0.15) is 6.04 Å². The minimum Gasteiger partial charge on any atom is -0.480 e. The van der Waals surface area contributed by atoms with E-state index in [4.69, 9.17) is 10.8 Å². The SMILES string of the molecule is C=CCN(CC=C)C(=O)CSC(C)(C)[C@@H](N)C(=O)O. The summed E-state index contributed by atoms with van der Waals surface area (Å²) >= 11 is 1.24. The molecule has 0 spiro atoms.